The largest absolute Gasteiger partial charge is 0.311 e. The van der Waals surface area contributed by atoms with Crippen LogP contribution in [0.1, 0.15) is 33.6 Å². The lowest BCUT2D eigenvalue weighted by atomic mass is 10.1. The van der Waals surface area contributed by atoms with Crippen molar-refractivity contribution in [3.8, 4) is 11.8 Å². The third kappa shape index (κ3) is 3.32. The van der Waals surface area contributed by atoms with Crippen molar-refractivity contribution >= 4 is 0 Å². The summed E-state index contributed by atoms with van der Waals surface area (Å²) in [7, 11) is 0. The highest BCUT2D eigenvalue weighted by molar-refractivity contribution is 5.00. The molecule has 1 aliphatic heterocycles. The van der Waals surface area contributed by atoms with Crippen molar-refractivity contribution < 1.29 is 0 Å². The van der Waals surface area contributed by atoms with Crippen LogP contribution in [-0.2, 0) is 0 Å². The maximum atomic E-state index is 3.59. The molecule has 0 aliphatic carbocycles. The summed E-state index contributed by atoms with van der Waals surface area (Å²) in [5.41, 5.74) is 0. The van der Waals surface area contributed by atoms with E-state index in [4.69, 9.17) is 0 Å². The van der Waals surface area contributed by atoms with Gasteiger partial charge in [0.25, 0.3) is 0 Å². The summed E-state index contributed by atoms with van der Waals surface area (Å²) in [4.78, 5) is 2.48. The third-order valence-corrected chi connectivity index (χ3v) is 2.88. The highest BCUT2D eigenvalue weighted by atomic mass is 15.2. The van der Waals surface area contributed by atoms with Gasteiger partial charge in [-0.05, 0) is 20.3 Å². The number of rotatable bonds is 3. The number of hydrogen-bond donors (Lipinski definition) is 1. The molecular weight excluding hydrogens is 172 g/mol. The van der Waals surface area contributed by atoms with Crippen LogP contribution in [0.2, 0.25) is 0 Å². The van der Waals surface area contributed by atoms with Crippen LogP contribution in [0.25, 0.3) is 0 Å². The van der Waals surface area contributed by atoms with Crippen molar-refractivity contribution in [1.29, 1.82) is 0 Å². The van der Waals surface area contributed by atoms with Crippen molar-refractivity contribution in [3.05, 3.63) is 0 Å². The Morgan fingerprint density at radius 3 is 2.93 bits per heavy atom. The molecule has 0 amide bonds. The van der Waals surface area contributed by atoms with E-state index in [1.54, 1.807) is 0 Å². The van der Waals surface area contributed by atoms with E-state index in [0.29, 0.717) is 12.1 Å². The van der Waals surface area contributed by atoms with Gasteiger partial charge in [0.1, 0.15) is 0 Å². The van der Waals surface area contributed by atoms with Gasteiger partial charge < -0.3 is 5.32 Å². The second-order valence-electron chi connectivity index (χ2n) is 4.10. The molecule has 0 aromatic rings. The smallest absolute Gasteiger partial charge is 0.0604 e. The van der Waals surface area contributed by atoms with Gasteiger partial charge in [-0.3, -0.25) is 4.90 Å². The van der Waals surface area contributed by atoms with Crippen LogP contribution in [0.4, 0.5) is 0 Å². The fourth-order valence-corrected chi connectivity index (χ4v) is 1.94. The van der Waals surface area contributed by atoms with E-state index in [-0.39, 0.29) is 0 Å². The van der Waals surface area contributed by atoms with E-state index >= 15 is 0 Å². The first kappa shape index (κ1) is 11.6. The van der Waals surface area contributed by atoms with Crippen molar-refractivity contribution in [2.75, 3.05) is 19.6 Å². The number of piperazine rings is 1. The van der Waals surface area contributed by atoms with Crippen LogP contribution in [0.5, 0.6) is 0 Å². The average molecular weight is 194 g/mol. The summed E-state index contributed by atoms with van der Waals surface area (Å²) in [5.74, 6) is 6.13. The highest BCUT2D eigenvalue weighted by Crippen LogP contribution is 2.09. The Balaban J connectivity index is 2.40. The van der Waals surface area contributed by atoms with Crippen LogP contribution >= 0.6 is 0 Å². The van der Waals surface area contributed by atoms with E-state index in [9.17, 15) is 0 Å². The van der Waals surface area contributed by atoms with Gasteiger partial charge in [0, 0.05) is 25.2 Å². The summed E-state index contributed by atoms with van der Waals surface area (Å²) >= 11 is 0. The van der Waals surface area contributed by atoms with Crippen molar-refractivity contribution in [2.24, 2.45) is 0 Å². The first-order valence-corrected chi connectivity index (χ1v) is 5.65. The number of nitrogens with zero attached hydrogens (tertiary/aromatic N) is 1. The molecule has 1 aliphatic rings. The van der Waals surface area contributed by atoms with E-state index < -0.39 is 0 Å². The molecule has 2 atom stereocenters. The lowest BCUT2D eigenvalue weighted by Gasteiger charge is -2.37. The Morgan fingerprint density at radius 2 is 2.29 bits per heavy atom. The normalized spacial score (nSPS) is 28.2. The Kier molecular flexibility index (Phi) is 5.00. The minimum Gasteiger partial charge on any atom is -0.311 e. The topological polar surface area (TPSA) is 15.3 Å². The zero-order valence-corrected chi connectivity index (χ0v) is 9.64. The molecular formula is C12H22N2. The molecule has 14 heavy (non-hydrogen) atoms. The molecule has 0 radical (unpaired) electrons. The summed E-state index contributed by atoms with van der Waals surface area (Å²) in [6.07, 6.45) is 2.54. The van der Waals surface area contributed by atoms with Gasteiger partial charge in [0.05, 0.1) is 6.54 Å². The minimum atomic E-state index is 0.629. The minimum absolute atomic E-state index is 0.629. The molecule has 2 heteroatoms. The van der Waals surface area contributed by atoms with Crippen LogP contribution in [0.15, 0.2) is 0 Å². The summed E-state index contributed by atoms with van der Waals surface area (Å²) in [5, 5.41) is 3.59. The van der Waals surface area contributed by atoms with Gasteiger partial charge in [-0.25, -0.2) is 0 Å². The fourth-order valence-electron chi connectivity index (χ4n) is 1.94. The Bertz CT molecular complexity index is 214. The van der Waals surface area contributed by atoms with Crippen molar-refractivity contribution in [2.45, 2.75) is 45.7 Å². The second kappa shape index (κ2) is 6.06. The monoisotopic (exact) mass is 194 g/mol. The third-order valence-electron chi connectivity index (χ3n) is 2.88. The maximum absolute atomic E-state index is 3.59. The molecule has 1 heterocycles. The van der Waals surface area contributed by atoms with Crippen LogP contribution < -0.4 is 5.32 Å². The van der Waals surface area contributed by atoms with Gasteiger partial charge >= 0.3 is 0 Å². The SMILES string of the molecule is CC#CCN1CC(CCC)NCC1C. The second-order valence-corrected chi connectivity index (χ2v) is 4.10. The molecule has 0 aromatic heterocycles. The first-order valence-electron chi connectivity index (χ1n) is 5.65. The molecule has 2 nitrogen and oxygen atoms in total. The Morgan fingerprint density at radius 1 is 1.50 bits per heavy atom. The fraction of sp³-hybridized carbons (Fsp3) is 0.833. The lowest BCUT2D eigenvalue weighted by molar-refractivity contribution is 0.154. The molecule has 1 fully saturated rings. The van der Waals surface area contributed by atoms with E-state index in [0.717, 1.165) is 19.6 Å². The summed E-state index contributed by atoms with van der Waals surface area (Å²) < 4.78 is 0. The first-order chi connectivity index (χ1) is 6.77. The van der Waals surface area contributed by atoms with Gasteiger partial charge in [0.2, 0.25) is 0 Å². The zero-order chi connectivity index (χ0) is 10.4. The molecule has 0 saturated carbocycles. The van der Waals surface area contributed by atoms with Crippen molar-refractivity contribution in [3.63, 3.8) is 0 Å². The Hall–Kier alpha value is -0.520. The zero-order valence-electron chi connectivity index (χ0n) is 9.64. The van der Waals surface area contributed by atoms with Crippen molar-refractivity contribution in [1.82, 2.24) is 10.2 Å². The van der Waals surface area contributed by atoms with Gasteiger partial charge in [-0.1, -0.05) is 19.3 Å². The quantitative estimate of drug-likeness (QED) is 0.685. The van der Waals surface area contributed by atoms with Crippen LogP contribution in [-0.4, -0.2) is 36.6 Å². The van der Waals surface area contributed by atoms with Crippen LogP contribution in [0.3, 0.4) is 0 Å². The van der Waals surface area contributed by atoms with E-state index in [1.807, 2.05) is 6.92 Å². The highest BCUT2D eigenvalue weighted by Gasteiger charge is 2.23. The average Bonchev–Trinajstić information content (AvgIpc) is 2.19. The molecule has 1 rings (SSSR count). The van der Waals surface area contributed by atoms with E-state index in [1.165, 1.54) is 12.8 Å². The number of nitrogens with one attached hydrogen (secondary N) is 1. The Labute approximate surface area is 88.1 Å². The molecule has 80 valence electrons. The maximum Gasteiger partial charge on any atom is 0.0604 e. The summed E-state index contributed by atoms with van der Waals surface area (Å²) in [6.45, 7) is 9.62. The standard InChI is InChI=1S/C12H22N2/c1-4-6-8-14-10-12(7-5-2)13-9-11(14)3/h11-13H,5,7-10H2,1-3H3. The molecule has 1 N–H and O–H groups in total. The predicted octanol–water partition coefficient (Wildman–Crippen LogP) is 1.47. The molecule has 0 aromatic carbocycles. The van der Waals surface area contributed by atoms with Gasteiger partial charge in [-0.15, -0.1) is 5.92 Å². The van der Waals surface area contributed by atoms with Crippen LogP contribution in [0, 0.1) is 11.8 Å². The van der Waals surface area contributed by atoms with E-state index in [2.05, 4.69) is 35.9 Å². The summed E-state index contributed by atoms with van der Waals surface area (Å²) in [6, 6.07) is 1.30. The molecule has 0 spiro atoms. The molecule has 0 bridgehead atoms. The van der Waals surface area contributed by atoms with Gasteiger partial charge in [0.15, 0.2) is 0 Å². The molecule has 1 saturated heterocycles. The predicted molar refractivity (Wildman–Crippen MR) is 61.2 cm³/mol. The number of hydrogen-bond acceptors (Lipinski definition) is 2. The van der Waals surface area contributed by atoms with Gasteiger partial charge in [-0.2, -0.15) is 0 Å². The lowest BCUT2D eigenvalue weighted by Crippen LogP contribution is -2.55. The molecule has 2 unspecified atom stereocenters.